The zero-order valence-electron chi connectivity index (χ0n) is 11.1. The molecule has 1 aliphatic rings. The van der Waals surface area contributed by atoms with Crippen LogP contribution in [0, 0.1) is 5.92 Å². The van der Waals surface area contributed by atoms with Gasteiger partial charge in [0.1, 0.15) is 6.61 Å². The molecule has 0 aromatic carbocycles. The van der Waals surface area contributed by atoms with Crippen molar-refractivity contribution in [2.45, 2.75) is 40.0 Å². The number of carbonyl (C=O) groups excluding carboxylic acids is 1. The second-order valence-corrected chi connectivity index (χ2v) is 4.73. The third kappa shape index (κ3) is 4.22. The van der Waals surface area contributed by atoms with Crippen LogP contribution >= 0.6 is 0 Å². The third-order valence-corrected chi connectivity index (χ3v) is 3.35. The summed E-state index contributed by atoms with van der Waals surface area (Å²) in [5, 5.41) is 0. The van der Waals surface area contributed by atoms with Crippen molar-refractivity contribution in [2.75, 3.05) is 6.61 Å². The molecule has 1 aliphatic carbocycles. The Morgan fingerprint density at radius 1 is 1.59 bits per heavy atom. The van der Waals surface area contributed by atoms with Gasteiger partial charge in [-0.15, -0.1) is 0 Å². The Kier molecular flexibility index (Phi) is 5.20. The van der Waals surface area contributed by atoms with Gasteiger partial charge in [0.2, 0.25) is 0 Å². The molecule has 0 aromatic heterocycles. The molecule has 0 amide bonds. The van der Waals surface area contributed by atoms with Crippen molar-refractivity contribution in [1.82, 2.24) is 0 Å². The number of esters is 1. The van der Waals surface area contributed by atoms with E-state index in [-0.39, 0.29) is 5.97 Å². The molecule has 0 radical (unpaired) electrons. The summed E-state index contributed by atoms with van der Waals surface area (Å²) in [5.74, 6) is 0.391. The molecule has 1 atom stereocenters. The molecule has 0 aromatic rings. The number of rotatable bonds is 4. The predicted molar refractivity (Wildman–Crippen MR) is 70.6 cm³/mol. The largest absolute Gasteiger partial charge is 0.458 e. The zero-order valence-corrected chi connectivity index (χ0v) is 11.1. The summed E-state index contributed by atoms with van der Waals surface area (Å²) in [6.07, 6.45) is 7.14. The van der Waals surface area contributed by atoms with Gasteiger partial charge in [-0.1, -0.05) is 24.3 Å². The second kappa shape index (κ2) is 6.43. The quantitative estimate of drug-likeness (QED) is 0.420. The molecule has 2 heteroatoms. The average Bonchev–Trinajstić information content (AvgIpc) is 2.35. The van der Waals surface area contributed by atoms with E-state index in [1.165, 1.54) is 11.1 Å². The first-order chi connectivity index (χ1) is 8.04. The maximum Gasteiger partial charge on any atom is 0.333 e. The van der Waals surface area contributed by atoms with Crippen molar-refractivity contribution in [2.24, 2.45) is 5.92 Å². The Balaban J connectivity index is 2.40. The van der Waals surface area contributed by atoms with Gasteiger partial charge < -0.3 is 4.74 Å². The van der Waals surface area contributed by atoms with Crippen LogP contribution in [-0.4, -0.2) is 12.6 Å². The lowest BCUT2D eigenvalue weighted by Crippen LogP contribution is -2.13. The fraction of sp³-hybridized carbons (Fsp3) is 0.533. The van der Waals surface area contributed by atoms with E-state index >= 15 is 0 Å². The van der Waals surface area contributed by atoms with Crippen molar-refractivity contribution in [3.05, 3.63) is 35.5 Å². The molecule has 0 fully saturated rings. The molecule has 94 valence electrons. The molecular formula is C15H22O2. The van der Waals surface area contributed by atoms with E-state index < -0.39 is 0 Å². The van der Waals surface area contributed by atoms with E-state index in [2.05, 4.69) is 19.6 Å². The van der Waals surface area contributed by atoms with Crippen LogP contribution in [0.1, 0.15) is 40.0 Å². The lowest BCUT2D eigenvalue weighted by molar-refractivity contribution is -0.138. The highest BCUT2D eigenvalue weighted by Crippen LogP contribution is 2.28. The fourth-order valence-corrected chi connectivity index (χ4v) is 1.86. The molecule has 0 aliphatic heterocycles. The Hall–Kier alpha value is -1.31. The van der Waals surface area contributed by atoms with Gasteiger partial charge in [-0.2, -0.15) is 0 Å². The highest BCUT2D eigenvalue weighted by molar-refractivity contribution is 5.87. The van der Waals surface area contributed by atoms with Gasteiger partial charge in [-0.05, 0) is 51.5 Å². The van der Waals surface area contributed by atoms with Crippen LogP contribution in [0.25, 0.3) is 0 Å². The number of hydrogen-bond acceptors (Lipinski definition) is 2. The summed E-state index contributed by atoms with van der Waals surface area (Å²) >= 11 is 0. The normalized spacial score (nSPS) is 20.8. The fourth-order valence-electron chi connectivity index (χ4n) is 1.86. The smallest absolute Gasteiger partial charge is 0.333 e. The summed E-state index contributed by atoms with van der Waals surface area (Å²) in [5.41, 5.74) is 3.16. The molecule has 0 saturated carbocycles. The minimum Gasteiger partial charge on any atom is -0.458 e. The lowest BCUT2D eigenvalue weighted by atomic mass is 9.86. The second-order valence-electron chi connectivity index (χ2n) is 4.73. The van der Waals surface area contributed by atoms with Gasteiger partial charge in [-0.3, -0.25) is 0 Å². The van der Waals surface area contributed by atoms with Gasteiger partial charge >= 0.3 is 5.97 Å². The van der Waals surface area contributed by atoms with E-state index in [0.717, 1.165) is 19.3 Å². The molecule has 2 nitrogen and oxygen atoms in total. The summed E-state index contributed by atoms with van der Waals surface area (Å²) < 4.78 is 5.23. The summed E-state index contributed by atoms with van der Waals surface area (Å²) in [4.78, 5) is 11.5. The molecule has 1 unspecified atom stereocenters. The molecule has 0 N–H and O–H groups in total. The Labute approximate surface area is 104 Å². The van der Waals surface area contributed by atoms with Crippen molar-refractivity contribution in [3.8, 4) is 0 Å². The number of hydrogen-bond donors (Lipinski definition) is 0. The van der Waals surface area contributed by atoms with Crippen LogP contribution < -0.4 is 0 Å². The molecule has 0 bridgehead atoms. The van der Waals surface area contributed by atoms with Gasteiger partial charge in [0, 0.05) is 5.57 Å². The van der Waals surface area contributed by atoms with Gasteiger partial charge in [0.05, 0.1) is 0 Å². The van der Waals surface area contributed by atoms with Crippen LogP contribution in [0.3, 0.4) is 0 Å². The van der Waals surface area contributed by atoms with Crippen LogP contribution in [0.2, 0.25) is 0 Å². The lowest BCUT2D eigenvalue weighted by Gasteiger charge is -2.22. The highest BCUT2D eigenvalue weighted by atomic mass is 16.5. The topological polar surface area (TPSA) is 26.3 Å². The maximum atomic E-state index is 11.5. The number of allylic oxidation sites excluding steroid dienone is 3. The number of carbonyl (C=O) groups is 1. The van der Waals surface area contributed by atoms with E-state index in [4.69, 9.17) is 4.74 Å². The van der Waals surface area contributed by atoms with Crippen molar-refractivity contribution in [3.63, 3.8) is 0 Å². The molecule has 0 heterocycles. The minimum atomic E-state index is -0.213. The first-order valence-electron chi connectivity index (χ1n) is 6.18. The van der Waals surface area contributed by atoms with Crippen molar-refractivity contribution in [1.29, 1.82) is 0 Å². The number of ether oxygens (including phenoxy) is 1. The predicted octanol–water partition coefficient (Wildman–Crippen LogP) is 3.80. The van der Waals surface area contributed by atoms with Gasteiger partial charge in [-0.25, -0.2) is 4.79 Å². The monoisotopic (exact) mass is 234 g/mol. The van der Waals surface area contributed by atoms with Gasteiger partial charge in [0.15, 0.2) is 0 Å². The summed E-state index contributed by atoms with van der Waals surface area (Å²) in [7, 11) is 0. The summed E-state index contributed by atoms with van der Waals surface area (Å²) in [6, 6.07) is 0. The van der Waals surface area contributed by atoms with Crippen LogP contribution in [0.4, 0.5) is 0 Å². The first kappa shape index (κ1) is 13.8. The Morgan fingerprint density at radius 2 is 2.29 bits per heavy atom. The van der Waals surface area contributed by atoms with E-state index in [0.29, 0.717) is 18.1 Å². The highest BCUT2D eigenvalue weighted by Gasteiger charge is 2.15. The van der Waals surface area contributed by atoms with E-state index in [1.54, 1.807) is 13.0 Å². The van der Waals surface area contributed by atoms with Crippen LogP contribution in [0.15, 0.2) is 35.5 Å². The van der Waals surface area contributed by atoms with E-state index in [9.17, 15) is 4.79 Å². The molecule has 1 rings (SSSR count). The molecule has 17 heavy (non-hydrogen) atoms. The Bertz CT molecular complexity index is 361. The molecule has 0 saturated heterocycles. The average molecular weight is 234 g/mol. The first-order valence-corrected chi connectivity index (χ1v) is 6.18. The molecule has 0 spiro atoms. The van der Waals surface area contributed by atoms with Crippen LogP contribution in [-0.2, 0) is 9.53 Å². The zero-order chi connectivity index (χ0) is 12.8. The maximum absolute atomic E-state index is 11.5. The van der Waals surface area contributed by atoms with Gasteiger partial charge in [0.25, 0.3) is 0 Å². The van der Waals surface area contributed by atoms with E-state index in [1.807, 2.05) is 6.92 Å². The SMILES string of the molecule is C=C(C)C1CC=C(COC(=O)/C(C)=C/C)CC1. The van der Waals surface area contributed by atoms with Crippen LogP contribution in [0.5, 0.6) is 0 Å². The molecular weight excluding hydrogens is 212 g/mol. The summed E-state index contributed by atoms with van der Waals surface area (Å²) in [6.45, 7) is 10.1. The standard InChI is InChI=1S/C15H22O2/c1-5-12(4)15(16)17-10-13-6-8-14(9-7-13)11(2)3/h5-6,14H,2,7-10H2,1,3-4H3/b12-5+. The van der Waals surface area contributed by atoms with Crippen molar-refractivity contribution < 1.29 is 9.53 Å². The Morgan fingerprint density at radius 3 is 2.76 bits per heavy atom. The minimum absolute atomic E-state index is 0.213. The van der Waals surface area contributed by atoms with Crippen molar-refractivity contribution >= 4 is 5.97 Å². The third-order valence-electron chi connectivity index (χ3n) is 3.35.